The molecule has 1 aromatic carbocycles. The van der Waals surface area contributed by atoms with E-state index >= 15 is 0 Å². The Kier molecular flexibility index (Phi) is 6.33. The number of ether oxygens (including phenoxy) is 2. The largest absolute Gasteiger partial charge is 0.454 e. The SMILES string of the molecule is [CH2]CC(=O)N1CCC(CCn2c(Sc3cc4c(cc3Br)OCO4)nc3c(N)ncnc32)CC1. The number of aryl methyl sites for hydroxylation is 1. The molecule has 2 N–H and O–H groups in total. The molecule has 5 rings (SSSR count). The Bertz CT molecular complexity index is 1190. The lowest BCUT2D eigenvalue weighted by Gasteiger charge is -2.32. The number of nitrogen functional groups attached to an aromatic ring is 1. The van der Waals surface area contributed by atoms with Gasteiger partial charge in [0.25, 0.3) is 0 Å². The minimum absolute atomic E-state index is 0.134. The molecule has 1 saturated heterocycles. The monoisotopic (exact) mass is 531 g/mol. The zero-order valence-corrected chi connectivity index (χ0v) is 20.4. The third-order valence-electron chi connectivity index (χ3n) is 6.10. The Labute approximate surface area is 204 Å². The van der Waals surface area contributed by atoms with Crippen LogP contribution in [0.25, 0.3) is 11.2 Å². The van der Waals surface area contributed by atoms with Gasteiger partial charge < -0.3 is 24.7 Å². The van der Waals surface area contributed by atoms with E-state index in [9.17, 15) is 4.79 Å². The number of aromatic nitrogens is 4. The van der Waals surface area contributed by atoms with Gasteiger partial charge in [-0.2, -0.15) is 0 Å². The van der Waals surface area contributed by atoms with Crippen LogP contribution in [0.2, 0.25) is 0 Å². The van der Waals surface area contributed by atoms with E-state index in [1.165, 1.54) is 18.1 Å². The van der Waals surface area contributed by atoms with Crippen molar-refractivity contribution in [2.75, 3.05) is 25.6 Å². The number of hydrogen-bond donors (Lipinski definition) is 1. The first-order chi connectivity index (χ1) is 16.0. The third kappa shape index (κ3) is 4.48. The second-order valence-corrected chi connectivity index (χ2v) is 9.94. The molecule has 9 nitrogen and oxygen atoms in total. The van der Waals surface area contributed by atoms with Crippen molar-refractivity contribution in [3.8, 4) is 11.5 Å². The highest BCUT2D eigenvalue weighted by atomic mass is 79.9. The number of nitrogens with two attached hydrogens (primary N) is 1. The van der Waals surface area contributed by atoms with E-state index in [1.54, 1.807) is 0 Å². The molecule has 0 saturated carbocycles. The summed E-state index contributed by atoms with van der Waals surface area (Å²) in [6.45, 7) is 6.28. The Balaban J connectivity index is 1.38. The molecule has 4 heterocycles. The van der Waals surface area contributed by atoms with Crippen LogP contribution >= 0.6 is 27.7 Å². The number of rotatable bonds is 6. The molecule has 2 aliphatic rings. The third-order valence-corrected chi connectivity index (χ3v) is 8.07. The van der Waals surface area contributed by atoms with Crippen molar-refractivity contribution < 1.29 is 14.3 Å². The summed E-state index contributed by atoms with van der Waals surface area (Å²) in [5.41, 5.74) is 7.44. The molecule has 3 aromatic rings. The molecule has 1 fully saturated rings. The smallest absolute Gasteiger partial charge is 0.231 e. The number of carbonyl (C=O) groups is 1. The van der Waals surface area contributed by atoms with Crippen LogP contribution in [0.4, 0.5) is 5.82 Å². The van der Waals surface area contributed by atoms with Gasteiger partial charge in [-0.15, -0.1) is 0 Å². The highest BCUT2D eigenvalue weighted by molar-refractivity contribution is 9.10. The first kappa shape index (κ1) is 22.3. The number of nitrogens with zero attached hydrogens (tertiary/aromatic N) is 5. The summed E-state index contributed by atoms with van der Waals surface area (Å²) in [6, 6.07) is 3.86. The van der Waals surface area contributed by atoms with Crippen molar-refractivity contribution in [3.05, 3.63) is 29.9 Å². The number of piperidine rings is 1. The molecular formula is C22H24BrN6O3S. The topological polar surface area (TPSA) is 108 Å². The Morgan fingerprint density at radius 1 is 1.24 bits per heavy atom. The van der Waals surface area contributed by atoms with Crippen molar-refractivity contribution in [2.45, 2.75) is 42.3 Å². The predicted molar refractivity (Wildman–Crippen MR) is 128 cm³/mol. The van der Waals surface area contributed by atoms with Gasteiger partial charge in [0.05, 0.1) is 0 Å². The second kappa shape index (κ2) is 9.38. The summed E-state index contributed by atoms with van der Waals surface area (Å²) in [4.78, 5) is 28.2. The van der Waals surface area contributed by atoms with Crippen molar-refractivity contribution in [3.63, 3.8) is 0 Å². The number of hydrogen-bond acceptors (Lipinski definition) is 8. The van der Waals surface area contributed by atoms with Crippen molar-refractivity contribution >= 4 is 50.6 Å². The predicted octanol–water partition coefficient (Wildman–Crippen LogP) is 3.90. The molecular weight excluding hydrogens is 508 g/mol. The molecule has 1 amide bonds. The maximum atomic E-state index is 11.9. The molecule has 0 unspecified atom stereocenters. The number of likely N-dealkylation sites (tertiary alicyclic amines) is 1. The molecule has 33 heavy (non-hydrogen) atoms. The fourth-order valence-electron chi connectivity index (χ4n) is 4.23. The van der Waals surface area contributed by atoms with Gasteiger partial charge in [-0.05, 0) is 60.2 Å². The standard InChI is InChI=1S/C22H24BrN6O3S/c1-2-18(30)28-6-3-13(4-7-28)5-8-29-21-19(20(24)25-11-26-21)27-22(29)33-17-10-16-15(9-14(17)23)31-12-32-16/h9-11,13H,1-8,12H2,(H2,24,25,26). The zero-order valence-electron chi connectivity index (χ0n) is 18.0. The van der Waals surface area contributed by atoms with Crippen LogP contribution in [0.3, 0.4) is 0 Å². The van der Waals surface area contributed by atoms with Gasteiger partial charge in [0.1, 0.15) is 6.33 Å². The summed E-state index contributed by atoms with van der Waals surface area (Å²) < 4.78 is 14.0. The molecule has 2 aromatic heterocycles. The van der Waals surface area contributed by atoms with E-state index in [0.717, 1.165) is 64.8 Å². The molecule has 1 radical (unpaired) electrons. The summed E-state index contributed by atoms with van der Waals surface area (Å²) in [7, 11) is 0. The van der Waals surface area contributed by atoms with Crippen LogP contribution in [0.1, 0.15) is 25.7 Å². The van der Waals surface area contributed by atoms with Crippen molar-refractivity contribution in [1.82, 2.24) is 24.4 Å². The van der Waals surface area contributed by atoms with Gasteiger partial charge >= 0.3 is 0 Å². The fraction of sp³-hybridized carbons (Fsp3) is 0.409. The van der Waals surface area contributed by atoms with Crippen LogP contribution in [0.15, 0.2) is 33.0 Å². The number of carbonyl (C=O) groups excluding carboxylic acids is 1. The molecule has 173 valence electrons. The van der Waals surface area contributed by atoms with Crippen LogP contribution < -0.4 is 15.2 Å². The zero-order chi connectivity index (χ0) is 22.9. The average Bonchev–Trinajstić information content (AvgIpc) is 3.42. The van der Waals surface area contributed by atoms with E-state index in [2.05, 4.69) is 37.4 Å². The van der Waals surface area contributed by atoms with Gasteiger partial charge in [-0.3, -0.25) is 4.79 Å². The second-order valence-electron chi connectivity index (χ2n) is 8.08. The lowest BCUT2D eigenvalue weighted by molar-refractivity contribution is -0.131. The van der Waals surface area contributed by atoms with E-state index in [0.29, 0.717) is 29.4 Å². The highest BCUT2D eigenvalue weighted by Gasteiger charge is 2.24. The van der Waals surface area contributed by atoms with Crippen molar-refractivity contribution in [1.29, 1.82) is 0 Å². The van der Waals surface area contributed by atoms with Crippen LogP contribution in [0.5, 0.6) is 11.5 Å². The Morgan fingerprint density at radius 3 is 2.76 bits per heavy atom. The maximum absolute atomic E-state index is 11.9. The van der Waals surface area contributed by atoms with Crippen LogP contribution in [-0.2, 0) is 11.3 Å². The van der Waals surface area contributed by atoms with Gasteiger partial charge in [0, 0.05) is 35.4 Å². The number of imidazole rings is 1. The summed E-state index contributed by atoms with van der Waals surface area (Å²) in [5, 5.41) is 0.793. The van der Waals surface area contributed by atoms with Gasteiger partial charge in [-0.25, -0.2) is 15.0 Å². The number of anilines is 1. The van der Waals surface area contributed by atoms with E-state index in [-0.39, 0.29) is 12.7 Å². The Morgan fingerprint density at radius 2 is 2.00 bits per heavy atom. The molecule has 0 aliphatic carbocycles. The fourth-order valence-corrected chi connectivity index (χ4v) is 5.74. The quantitative estimate of drug-likeness (QED) is 0.509. The molecule has 0 spiro atoms. The van der Waals surface area contributed by atoms with E-state index < -0.39 is 0 Å². The summed E-state index contributed by atoms with van der Waals surface area (Å²) in [6.07, 6.45) is 4.75. The van der Waals surface area contributed by atoms with Gasteiger partial charge in [0.15, 0.2) is 33.6 Å². The van der Waals surface area contributed by atoms with E-state index in [1.807, 2.05) is 17.0 Å². The van der Waals surface area contributed by atoms with Crippen molar-refractivity contribution in [2.24, 2.45) is 5.92 Å². The molecule has 11 heteroatoms. The van der Waals surface area contributed by atoms with Crippen LogP contribution in [-0.4, -0.2) is 50.2 Å². The lowest BCUT2D eigenvalue weighted by Crippen LogP contribution is -2.38. The number of fused-ring (bicyclic) bond motifs is 2. The highest BCUT2D eigenvalue weighted by Crippen LogP contribution is 2.43. The Hall–Kier alpha value is -2.53. The van der Waals surface area contributed by atoms with Gasteiger partial charge in [-0.1, -0.05) is 11.8 Å². The summed E-state index contributed by atoms with van der Waals surface area (Å²) in [5.74, 6) is 2.47. The van der Waals surface area contributed by atoms with E-state index in [4.69, 9.17) is 20.2 Å². The first-order valence-electron chi connectivity index (χ1n) is 10.8. The maximum Gasteiger partial charge on any atom is 0.231 e. The molecule has 0 atom stereocenters. The average molecular weight is 532 g/mol. The summed E-state index contributed by atoms with van der Waals surface area (Å²) >= 11 is 5.15. The normalized spacial score (nSPS) is 16.0. The molecule has 2 aliphatic heterocycles. The minimum atomic E-state index is 0.134. The minimum Gasteiger partial charge on any atom is -0.454 e. The number of benzene rings is 1. The van der Waals surface area contributed by atoms with Gasteiger partial charge in [0.2, 0.25) is 12.7 Å². The lowest BCUT2D eigenvalue weighted by atomic mass is 9.93. The first-order valence-corrected chi connectivity index (χ1v) is 12.4. The molecule has 0 bridgehead atoms. The number of halogens is 1. The number of amides is 1. The van der Waals surface area contributed by atoms with Crippen LogP contribution in [0, 0.1) is 12.8 Å².